The molecule has 0 spiro atoms. The summed E-state index contributed by atoms with van der Waals surface area (Å²) in [5, 5.41) is 17.5. The number of amides is 1. The minimum absolute atomic E-state index is 0.0638. The van der Waals surface area contributed by atoms with Crippen LogP contribution in [0, 0.1) is 0 Å². The Labute approximate surface area is 247 Å². The van der Waals surface area contributed by atoms with Gasteiger partial charge < -0.3 is 30.0 Å². The van der Waals surface area contributed by atoms with Crippen molar-refractivity contribution in [3.05, 3.63) is 83.4 Å². The Morgan fingerprint density at radius 3 is 2.31 bits per heavy atom. The Bertz CT molecular complexity index is 1430. The standard InChI is InChI=1S/C31H39N3O7S/c1-4-41-28-17-24(16-25(18-28)34-11-8-12-42(34,37)38)31(36)33-29(15-22-9-6-5-7-10-22)30(35)21-32-20-23-13-26(39-2)19-27(14-23)40-3/h5-7,9-10,13-14,16-19,29-30,32,35H,4,8,11-12,15,20-21H2,1-3H3,(H,33,36)/t29-,30+/m0/s1. The molecular formula is C31H39N3O7S. The van der Waals surface area contributed by atoms with E-state index < -0.39 is 28.1 Å². The first-order chi connectivity index (χ1) is 20.2. The van der Waals surface area contributed by atoms with Crippen LogP contribution in [0.4, 0.5) is 5.69 Å². The number of rotatable bonds is 14. The van der Waals surface area contributed by atoms with Crippen molar-refractivity contribution in [2.45, 2.75) is 38.5 Å². The van der Waals surface area contributed by atoms with Gasteiger partial charge in [-0.2, -0.15) is 0 Å². The highest BCUT2D eigenvalue weighted by molar-refractivity contribution is 7.93. The predicted octanol–water partition coefficient (Wildman–Crippen LogP) is 3.13. The minimum atomic E-state index is -3.45. The van der Waals surface area contributed by atoms with Gasteiger partial charge in [0.15, 0.2) is 0 Å². The van der Waals surface area contributed by atoms with Crippen molar-refractivity contribution < 1.29 is 32.5 Å². The molecule has 0 radical (unpaired) electrons. The van der Waals surface area contributed by atoms with Gasteiger partial charge in [0.2, 0.25) is 10.0 Å². The first-order valence-corrected chi connectivity index (χ1v) is 15.6. The largest absolute Gasteiger partial charge is 0.497 e. The molecule has 0 saturated carbocycles. The fourth-order valence-corrected chi connectivity index (χ4v) is 6.46. The molecule has 0 aromatic heterocycles. The Morgan fingerprint density at radius 1 is 0.976 bits per heavy atom. The van der Waals surface area contributed by atoms with E-state index in [-0.39, 0.29) is 17.9 Å². The summed E-state index contributed by atoms with van der Waals surface area (Å²) in [5.41, 5.74) is 2.50. The number of benzene rings is 3. The smallest absolute Gasteiger partial charge is 0.251 e. The summed E-state index contributed by atoms with van der Waals surface area (Å²) in [7, 11) is -0.278. The Morgan fingerprint density at radius 2 is 1.69 bits per heavy atom. The van der Waals surface area contributed by atoms with Crippen molar-refractivity contribution in [1.82, 2.24) is 10.6 Å². The fourth-order valence-electron chi connectivity index (χ4n) is 4.92. The van der Waals surface area contributed by atoms with Gasteiger partial charge >= 0.3 is 0 Å². The minimum Gasteiger partial charge on any atom is -0.497 e. The van der Waals surface area contributed by atoms with Gasteiger partial charge in [-0.05, 0) is 55.2 Å². The molecule has 0 aliphatic carbocycles. The van der Waals surface area contributed by atoms with Gasteiger partial charge in [-0.1, -0.05) is 30.3 Å². The Kier molecular flexibility index (Phi) is 10.7. The lowest BCUT2D eigenvalue weighted by atomic mass is 10.00. The average molecular weight is 598 g/mol. The third kappa shape index (κ3) is 8.15. The van der Waals surface area contributed by atoms with Crippen LogP contribution in [0.3, 0.4) is 0 Å². The molecule has 1 aliphatic rings. The first kappa shape index (κ1) is 31.1. The van der Waals surface area contributed by atoms with E-state index in [4.69, 9.17) is 14.2 Å². The summed E-state index contributed by atoms with van der Waals surface area (Å²) in [5.74, 6) is 1.35. The van der Waals surface area contributed by atoms with Gasteiger partial charge in [-0.15, -0.1) is 0 Å². The number of ether oxygens (including phenoxy) is 3. The summed E-state index contributed by atoms with van der Waals surface area (Å²) in [6, 6.07) is 19.3. The highest BCUT2D eigenvalue weighted by atomic mass is 32.2. The van der Waals surface area contributed by atoms with Crippen molar-refractivity contribution in [1.29, 1.82) is 0 Å². The summed E-state index contributed by atoms with van der Waals surface area (Å²) in [6.45, 7) is 3.17. The fraction of sp³-hybridized carbons (Fsp3) is 0.387. The molecule has 2 atom stereocenters. The maximum atomic E-state index is 13.6. The lowest BCUT2D eigenvalue weighted by Crippen LogP contribution is -2.48. The van der Waals surface area contributed by atoms with E-state index in [9.17, 15) is 18.3 Å². The Hall–Kier alpha value is -3.80. The van der Waals surface area contributed by atoms with Gasteiger partial charge in [0, 0.05) is 37.3 Å². The zero-order valence-corrected chi connectivity index (χ0v) is 25.0. The van der Waals surface area contributed by atoms with Crippen LogP contribution >= 0.6 is 0 Å². The van der Waals surface area contributed by atoms with E-state index in [0.29, 0.717) is 55.5 Å². The number of nitrogens with zero attached hydrogens (tertiary/aromatic N) is 1. The second kappa shape index (κ2) is 14.4. The number of hydrogen-bond acceptors (Lipinski definition) is 8. The molecule has 1 heterocycles. The number of anilines is 1. The molecule has 1 aliphatic heterocycles. The van der Waals surface area contributed by atoms with Crippen LogP contribution in [-0.2, 0) is 23.0 Å². The molecule has 3 aromatic carbocycles. The molecule has 42 heavy (non-hydrogen) atoms. The quantitative estimate of drug-likeness (QED) is 0.259. The average Bonchev–Trinajstić information content (AvgIpc) is 3.35. The van der Waals surface area contributed by atoms with E-state index in [1.165, 1.54) is 4.31 Å². The summed E-state index contributed by atoms with van der Waals surface area (Å²) in [4.78, 5) is 13.6. The number of methoxy groups -OCH3 is 2. The van der Waals surface area contributed by atoms with E-state index in [1.54, 1.807) is 38.5 Å². The molecule has 1 saturated heterocycles. The van der Waals surface area contributed by atoms with Crippen LogP contribution in [0.5, 0.6) is 17.2 Å². The highest BCUT2D eigenvalue weighted by Crippen LogP contribution is 2.30. The van der Waals surface area contributed by atoms with Gasteiger partial charge in [0.25, 0.3) is 5.91 Å². The van der Waals surface area contributed by atoms with Crippen LogP contribution in [0.15, 0.2) is 66.7 Å². The Balaban J connectivity index is 1.52. The zero-order chi connectivity index (χ0) is 30.1. The maximum Gasteiger partial charge on any atom is 0.251 e. The van der Waals surface area contributed by atoms with Gasteiger partial charge in [0.1, 0.15) is 17.2 Å². The van der Waals surface area contributed by atoms with Crippen molar-refractivity contribution >= 4 is 21.6 Å². The monoisotopic (exact) mass is 597 g/mol. The van der Waals surface area contributed by atoms with Crippen LogP contribution in [0.25, 0.3) is 0 Å². The molecule has 3 aromatic rings. The predicted molar refractivity (Wildman–Crippen MR) is 162 cm³/mol. The molecule has 10 nitrogen and oxygen atoms in total. The maximum absolute atomic E-state index is 13.6. The second-order valence-electron chi connectivity index (χ2n) is 10.1. The topological polar surface area (TPSA) is 126 Å². The first-order valence-electron chi connectivity index (χ1n) is 14.0. The molecule has 0 unspecified atom stereocenters. The van der Waals surface area contributed by atoms with E-state index >= 15 is 0 Å². The molecule has 1 fully saturated rings. The lowest BCUT2D eigenvalue weighted by molar-refractivity contribution is 0.0829. The van der Waals surface area contributed by atoms with E-state index in [0.717, 1.165) is 11.1 Å². The molecular weight excluding hydrogens is 558 g/mol. The van der Waals surface area contributed by atoms with Crippen molar-refractivity contribution in [2.75, 3.05) is 44.0 Å². The van der Waals surface area contributed by atoms with Gasteiger partial charge in [0.05, 0.1) is 44.4 Å². The lowest BCUT2D eigenvalue weighted by Gasteiger charge is -2.25. The molecule has 1 amide bonds. The van der Waals surface area contributed by atoms with Crippen LogP contribution in [0.1, 0.15) is 34.8 Å². The zero-order valence-electron chi connectivity index (χ0n) is 24.2. The van der Waals surface area contributed by atoms with Gasteiger partial charge in [-0.25, -0.2) is 8.42 Å². The number of carbonyl (C=O) groups excluding carboxylic acids is 1. The van der Waals surface area contributed by atoms with Gasteiger partial charge in [-0.3, -0.25) is 9.10 Å². The number of aliphatic hydroxyl groups is 1. The molecule has 4 rings (SSSR count). The SMILES string of the molecule is CCOc1cc(C(=O)N[C@@H](Cc2ccccc2)[C@H](O)CNCc2cc(OC)cc(OC)c2)cc(N2CCCS2(=O)=O)c1. The summed E-state index contributed by atoms with van der Waals surface area (Å²) < 4.78 is 42.8. The normalized spacial score (nSPS) is 15.6. The number of aliphatic hydroxyl groups excluding tert-OH is 1. The number of hydrogen-bond donors (Lipinski definition) is 3. The molecule has 3 N–H and O–H groups in total. The summed E-state index contributed by atoms with van der Waals surface area (Å²) in [6.07, 6.45) is -0.0278. The van der Waals surface area contributed by atoms with Crippen molar-refractivity contribution in [3.8, 4) is 17.2 Å². The number of carbonyl (C=O) groups is 1. The third-order valence-electron chi connectivity index (χ3n) is 7.02. The highest BCUT2D eigenvalue weighted by Gasteiger charge is 2.30. The van der Waals surface area contributed by atoms with E-state index in [1.807, 2.05) is 49.4 Å². The van der Waals surface area contributed by atoms with E-state index in [2.05, 4.69) is 10.6 Å². The van der Waals surface area contributed by atoms with Crippen molar-refractivity contribution in [2.24, 2.45) is 0 Å². The molecule has 226 valence electrons. The third-order valence-corrected chi connectivity index (χ3v) is 8.89. The molecule has 11 heteroatoms. The van der Waals surface area contributed by atoms with Crippen molar-refractivity contribution in [3.63, 3.8) is 0 Å². The number of nitrogens with one attached hydrogen (secondary N) is 2. The second-order valence-corrected chi connectivity index (χ2v) is 12.1. The molecule has 0 bridgehead atoms. The van der Waals surface area contributed by atoms with Crippen LogP contribution in [-0.4, -0.2) is 71.2 Å². The van der Waals surface area contributed by atoms with Crippen LogP contribution < -0.4 is 29.1 Å². The van der Waals surface area contributed by atoms with Crippen LogP contribution in [0.2, 0.25) is 0 Å². The number of sulfonamides is 1. The summed E-state index contributed by atoms with van der Waals surface area (Å²) >= 11 is 0.